The monoisotopic (exact) mass is 150 g/mol. The number of hydrogen-bond acceptors (Lipinski definition) is 1. The van der Waals surface area contributed by atoms with E-state index in [1.165, 1.54) is 4.40 Å². The third-order valence-corrected chi connectivity index (χ3v) is 1.69. The van der Waals surface area contributed by atoms with Gasteiger partial charge in [-0.25, -0.2) is 4.98 Å². The van der Waals surface area contributed by atoms with E-state index in [4.69, 9.17) is 0 Å². The highest BCUT2D eigenvalue weighted by Gasteiger charge is 2.01. The molecule has 0 fully saturated rings. The fourth-order valence-corrected chi connectivity index (χ4v) is 1.06. The first-order valence-electron chi connectivity index (χ1n) is 3.37. The molecule has 0 radical (unpaired) electrons. The predicted molar refractivity (Wildman–Crippen MR) is 39.9 cm³/mol. The number of imidazole rings is 1. The van der Waals surface area contributed by atoms with Gasteiger partial charge in [0.25, 0.3) is 0 Å². The summed E-state index contributed by atoms with van der Waals surface area (Å²) in [6.45, 7) is 1.73. The molecule has 0 aliphatic heterocycles. The van der Waals surface area contributed by atoms with Crippen molar-refractivity contribution in [3.8, 4) is 0 Å². The zero-order valence-corrected chi connectivity index (χ0v) is 6.08. The number of pyridine rings is 1. The van der Waals surface area contributed by atoms with Crippen LogP contribution in [0.1, 0.15) is 5.56 Å². The average Bonchev–Trinajstić information content (AvgIpc) is 2.45. The molecule has 2 aromatic heterocycles. The van der Waals surface area contributed by atoms with E-state index in [1.807, 2.05) is 0 Å². The molecule has 11 heavy (non-hydrogen) atoms. The molecule has 0 amide bonds. The number of aromatic nitrogens is 2. The summed E-state index contributed by atoms with van der Waals surface area (Å²) in [4.78, 5) is 3.94. The minimum atomic E-state index is -0.236. The molecule has 3 heteroatoms. The normalized spacial score (nSPS) is 10.7. The Morgan fingerprint density at radius 1 is 1.45 bits per heavy atom. The molecule has 0 saturated heterocycles. The van der Waals surface area contributed by atoms with Gasteiger partial charge in [0, 0.05) is 18.0 Å². The molecule has 0 aliphatic rings. The Balaban J connectivity index is 2.93. The number of rotatable bonds is 0. The van der Waals surface area contributed by atoms with Crippen LogP contribution in [0.25, 0.3) is 5.65 Å². The van der Waals surface area contributed by atoms with Crippen molar-refractivity contribution in [2.24, 2.45) is 0 Å². The van der Waals surface area contributed by atoms with Crippen molar-refractivity contribution < 1.29 is 4.39 Å². The lowest BCUT2D eigenvalue weighted by molar-refractivity contribution is 0.558. The molecule has 0 atom stereocenters. The first kappa shape index (κ1) is 6.34. The Morgan fingerprint density at radius 3 is 3.09 bits per heavy atom. The molecule has 56 valence electrons. The smallest absolute Gasteiger partial charge is 0.202 e. The second-order valence-electron chi connectivity index (χ2n) is 2.46. The van der Waals surface area contributed by atoms with Crippen LogP contribution in [-0.4, -0.2) is 9.38 Å². The summed E-state index contributed by atoms with van der Waals surface area (Å²) in [5, 5.41) is 0. The number of fused-ring (bicyclic) bond motifs is 1. The van der Waals surface area contributed by atoms with Gasteiger partial charge in [0.15, 0.2) is 0 Å². The number of halogens is 1. The van der Waals surface area contributed by atoms with Gasteiger partial charge in [0.2, 0.25) is 5.95 Å². The summed E-state index contributed by atoms with van der Waals surface area (Å²) in [6, 6.07) is 3.51. The maximum absolute atomic E-state index is 13.2. The fraction of sp³-hybridized carbons (Fsp3) is 0.125. The van der Waals surface area contributed by atoms with Crippen molar-refractivity contribution in [1.29, 1.82) is 0 Å². The molecular weight excluding hydrogens is 143 g/mol. The van der Waals surface area contributed by atoms with Crippen molar-refractivity contribution in [2.45, 2.75) is 6.92 Å². The lowest BCUT2D eigenvalue weighted by Gasteiger charge is -1.97. The molecule has 2 aromatic rings. The maximum Gasteiger partial charge on any atom is 0.202 e. The Morgan fingerprint density at radius 2 is 2.27 bits per heavy atom. The number of aryl methyl sites for hydroxylation is 1. The van der Waals surface area contributed by atoms with Crippen molar-refractivity contribution in [3.05, 3.63) is 36.0 Å². The second kappa shape index (κ2) is 2.05. The van der Waals surface area contributed by atoms with E-state index in [0.717, 1.165) is 0 Å². The zero-order chi connectivity index (χ0) is 7.84. The fourth-order valence-electron chi connectivity index (χ4n) is 1.06. The van der Waals surface area contributed by atoms with Crippen molar-refractivity contribution in [2.75, 3.05) is 0 Å². The summed E-state index contributed by atoms with van der Waals surface area (Å²) in [6.07, 6.45) is 3.19. The number of hydrogen-bond donors (Lipinski definition) is 0. The van der Waals surface area contributed by atoms with Gasteiger partial charge in [0.1, 0.15) is 5.65 Å². The van der Waals surface area contributed by atoms with Gasteiger partial charge in [-0.15, -0.1) is 0 Å². The van der Waals surface area contributed by atoms with Gasteiger partial charge in [-0.3, -0.25) is 4.40 Å². The molecule has 2 heterocycles. The van der Waals surface area contributed by atoms with E-state index in [0.29, 0.717) is 11.2 Å². The molecule has 0 saturated carbocycles. The topological polar surface area (TPSA) is 17.3 Å². The highest BCUT2D eigenvalue weighted by Crippen LogP contribution is 2.08. The molecule has 0 aromatic carbocycles. The van der Waals surface area contributed by atoms with Crippen molar-refractivity contribution in [3.63, 3.8) is 0 Å². The van der Waals surface area contributed by atoms with Gasteiger partial charge in [-0.05, 0) is 13.0 Å². The zero-order valence-electron chi connectivity index (χ0n) is 6.08. The van der Waals surface area contributed by atoms with Crippen molar-refractivity contribution in [1.82, 2.24) is 9.38 Å². The molecule has 0 aliphatic carbocycles. The summed E-state index contributed by atoms with van der Waals surface area (Å²) in [5.41, 5.74) is 1.28. The predicted octanol–water partition coefficient (Wildman–Crippen LogP) is 1.78. The van der Waals surface area contributed by atoms with E-state index in [2.05, 4.69) is 4.98 Å². The largest absolute Gasteiger partial charge is 0.276 e. The van der Waals surface area contributed by atoms with Crippen LogP contribution >= 0.6 is 0 Å². The SMILES string of the molecule is Cc1ccc2nccn2c1F. The van der Waals surface area contributed by atoms with Crippen LogP contribution < -0.4 is 0 Å². The Kier molecular flexibility index (Phi) is 1.18. The third kappa shape index (κ3) is 0.808. The first-order chi connectivity index (χ1) is 5.29. The van der Waals surface area contributed by atoms with E-state index < -0.39 is 0 Å². The summed E-state index contributed by atoms with van der Waals surface area (Å²) in [5.74, 6) is -0.236. The van der Waals surface area contributed by atoms with Crippen LogP contribution in [0, 0.1) is 12.9 Å². The van der Waals surface area contributed by atoms with E-state index in [9.17, 15) is 4.39 Å². The maximum atomic E-state index is 13.2. The van der Waals surface area contributed by atoms with E-state index >= 15 is 0 Å². The van der Waals surface area contributed by atoms with Crippen molar-refractivity contribution >= 4 is 5.65 Å². The Bertz CT molecular complexity index is 392. The van der Waals surface area contributed by atoms with Gasteiger partial charge in [-0.2, -0.15) is 4.39 Å². The molecule has 0 unspecified atom stereocenters. The minimum Gasteiger partial charge on any atom is -0.276 e. The van der Waals surface area contributed by atoms with Crippen LogP contribution in [0.4, 0.5) is 4.39 Å². The van der Waals surface area contributed by atoms with Gasteiger partial charge in [0.05, 0.1) is 0 Å². The van der Waals surface area contributed by atoms with E-state index in [1.54, 1.807) is 31.5 Å². The highest BCUT2D eigenvalue weighted by atomic mass is 19.1. The summed E-state index contributed by atoms with van der Waals surface area (Å²) < 4.78 is 14.6. The summed E-state index contributed by atoms with van der Waals surface area (Å²) >= 11 is 0. The van der Waals surface area contributed by atoms with Gasteiger partial charge < -0.3 is 0 Å². The average molecular weight is 150 g/mol. The summed E-state index contributed by atoms with van der Waals surface area (Å²) in [7, 11) is 0. The minimum absolute atomic E-state index is 0.236. The Hall–Kier alpha value is -1.38. The van der Waals surface area contributed by atoms with Crippen LogP contribution in [0.15, 0.2) is 24.5 Å². The molecule has 0 bridgehead atoms. The standard InChI is InChI=1S/C8H7FN2/c1-6-2-3-7-10-4-5-11(7)8(6)9/h2-5H,1H3. The molecule has 2 rings (SSSR count). The second-order valence-corrected chi connectivity index (χ2v) is 2.46. The van der Waals surface area contributed by atoms with E-state index in [-0.39, 0.29) is 5.95 Å². The Labute approximate surface area is 63.3 Å². The first-order valence-corrected chi connectivity index (χ1v) is 3.37. The van der Waals surface area contributed by atoms with Crippen LogP contribution in [0.2, 0.25) is 0 Å². The quantitative estimate of drug-likeness (QED) is 0.523. The lowest BCUT2D eigenvalue weighted by Crippen LogP contribution is -1.93. The highest BCUT2D eigenvalue weighted by molar-refractivity contribution is 5.39. The lowest BCUT2D eigenvalue weighted by atomic mass is 10.3. The molecular formula is C8H7FN2. The van der Waals surface area contributed by atoms with Crippen LogP contribution in [-0.2, 0) is 0 Å². The molecule has 0 spiro atoms. The van der Waals surface area contributed by atoms with Crippen LogP contribution in [0.5, 0.6) is 0 Å². The third-order valence-electron chi connectivity index (χ3n) is 1.69. The number of nitrogens with zero attached hydrogens (tertiary/aromatic N) is 2. The van der Waals surface area contributed by atoms with Gasteiger partial charge in [-0.1, -0.05) is 6.07 Å². The molecule has 2 nitrogen and oxygen atoms in total. The molecule has 0 N–H and O–H groups in total. The van der Waals surface area contributed by atoms with Crippen LogP contribution in [0.3, 0.4) is 0 Å². The van der Waals surface area contributed by atoms with Gasteiger partial charge >= 0.3 is 0 Å².